The quantitative estimate of drug-likeness (QED) is 0.578. The van der Waals surface area contributed by atoms with Crippen molar-refractivity contribution in [3.8, 4) is 17.3 Å². The first kappa shape index (κ1) is 22.5. The van der Waals surface area contributed by atoms with E-state index in [1.165, 1.54) is 11.5 Å². The number of esters is 1. The van der Waals surface area contributed by atoms with E-state index in [1.54, 1.807) is 20.2 Å². The Balaban J connectivity index is 1.78. The molecule has 8 heteroatoms. The summed E-state index contributed by atoms with van der Waals surface area (Å²) in [6, 6.07) is 11.2. The smallest absolute Gasteiger partial charge is 0.302 e. The van der Waals surface area contributed by atoms with E-state index in [-0.39, 0.29) is 17.6 Å². The minimum atomic E-state index is -0.401. The van der Waals surface area contributed by atoms with Crippen molar-refractivity contribution in [2.75, 3.05) is 12.4 Å². The number of carbonyl (C=O) groups excluding carboxylic acids is 1. The maximum atomic E-state index is 13.5. The summed E-state index contributed by atoms with van der Waals surface area (Å²) in [6.07, 6.45) is 0.750. The van der Waals surface area contributed by atoms with Gasteiger partial charge in [0, 0.05) is 32.0 Å². The van der Waals surface area contributed by atoms with Gasteiger partial charge in [-0.25, -0.2) is 9.97 Å². The summed E-state index contributed by atoms with van der Waals surface area (Å²) in [5, 5.41) is 3.38. The number of ether oxygens (including phenoxy) is 2. The van der Waals surface area contributed by atoms with Crippen molar-refractivity contribution in [1.82, 2.24) is 14.5 Å². The minimum absolute atomic E-state index is 0.196. The standard InChI is InChI=1S/C25H28N4O4/c1-6-19-23(28-22-18-10-8-7-9-16(18)13-20(22)33-15(3)30)25(31)29(4)24(27-19)17-11-12-21(32-5)26-14(17)2/h7-12,20,22,28H,6,13H2,1-5H3. The molecule has 2 heterocycles. The van der Waals surface area contributed by atoms with Crippen LogP contribution in [0.2, 0.25) is 0 Å². The lowest BCUT2D eigenvalue weighted by Crippen LogP contribution is -2.32. The monoisotopic (exact) mass is 448 g/mol. The second-order valence-corrected chi connectivity index (χ2v) is 8.13. The van der Waals surface area contributed by atoms with Gasteiger partial charge in [-0.05, 0) is 30.5 Å². The first-order chi connectivity index (χ1) is 15.8. The first-order valence-corrected chi connectivity index (χ1v) is 11.0. The Hall–Kier alpha value is -3.68. The zero-order chi connectivity index (χ0) is 23.7. The van der Waals surface area contributed by atoms with Gasteiger partial charge in [-0.15, -0.1) is 0 Å². The van der Waals surface area contributed by atoms with Gasteiger partial charge < -0.3 is 14.8 Å². The van der Waals surface area contributed by atoms with Gasteiger partial charge in [-0.2, -0.15) is 0 Å². The second kappa shape index (κ2) is 9.05. The van der Waals surface area contributed by atoms with Crippen LogP contribution in [0, 0.1) is 6.92 Å². The van der Waals surface area contributed by atoms with Crippen molar-refractivity contribution in [3.63, 3.8) is 0 Å². The molecule has 3 aromatic rings. The van der Waals surface area contributed by atoms with Gasteiger partial charge in [0.2, 0.25) is 5.88 Å². The second-order valence-electron chi connectivity index (χ2n) is 8.13. The summed E-state index contributed by atoms with van der Waals surface area (Å²) >= 11 is 0. The highest BCUT2D eigenvalue weighted by atomic mass is 16.5. The highest BCUT2D eigenvalue weighted by molar-refractivity contribution is 5.67. The van der Waals surface area contributed by atoms with Crippen LogP contribution >= 0.6 is 0 Å². The number of aromatic nitrogens is 3. The van der Waals surface area contributed by atoms with Crippen LogP contribution in [0.5, 0.6) is 5.88 Å². The Kier molecular flexibility index (Phi) is 6.18. The number of nitrogens with zero attached hydrogens (tertiary/aromatic N) is 3. The van der Waals surface area contributed by atoms with Crippen LogP contribution in [0.25, 0.3) is 11.4 Å². The Bertz CT molecular complexity index is 1270. The molecule has 4 rings (SSSR count). The molecule has 0 saturated heterocycles. The number of pyridine rings is 1. The number of benzene rings is 1. The van der Waals surface area contributed by atoms with E-state index in [1.807, 2.05) is 44.2 Å². The van der Waals surface area contributed by atoms with E-state index in [2.05, 4.69) is 10.3 Å². The fourth-order valence-corrected chi connectivity index (χ4v) is 4.38. The van der Waals surface area contributed by atoms with Crippen molar-refractivity contribution in [2.24, 2.45) is 7.05 Å². The lowest BCUT2D eigenvalue weighted by Gasteiger charge is -2.24. The molecule has 0 aliphatic heterocycles. The predicted molar refractivity (Wildman–Crippen MR) is 125 cm³/mol. The van der Waals surface area contributed by atoms with Gasteiger partial charge in [-0.3, -0.25) is 14.2 Å². The van der Waals surface area contributed by atoms with Crippen LogP contribution in [0.3, 0.4) is 0 Å². The first-order valence-electron chi connectivity index (χ1n) is 11.0. The lowest BCUT2D eigenvalue weighted by molar-refractivity contribution is -0.146. The molecule has 2 unspecified atom stereocenters. The fourth-order valence-electron chi connectivity index (χ4n) is 4.38. The van der Waals surface area contributed by atoms with Gasteiger partial charge in [0.1, 0.15) is 17.6 Å². The topological polar surface area (TPSA) is 95.3 Å². The zero-order valence-electron chi connectivity index (χ0n) is 19.5. The molecular weight excluding hydrogens is 420 g/mol. The SMILES string of the molecule is CCc1nc(-c2ccc(OC)nc2C)n(C)c(=O)c1NC1c2ccccc2CC1OC(C)=O. The summed E-state index contributed by atoms with van der Waals surface area (Å²) in [5.74, 6) is 0.698. The maximum absolute atomic E-state index is 13.5. The number of methoxy groups -OCH3 is 1. The largest absolute Gasteiger partial charge is 0.481 e. The molecule has 2 aromatic heterocycles. The molecular formula is C25H28N4O4. The Morgan fingerprint density at radius 3 is 2.64 bits per heavy atom. The molecule has 0 fully saturated rings. The van der Waals surface area contributed by atoms with E-state index in [4.69, 9.17) is 14.5 Å². The molecule has 33 heavy (non-hydrogen) atoms. The molecule has 0 saturated carbocycles. The molecule has 1 N–H and O–H groups in total. The zero-order valence-corrected chi connectivity index (χ0v) is 19.5. The number of carbonyl (C=O) groups is 1. The van der Waals surface area contributed by atoms with Crippen LogP contribution in [-0.4, -0.2) is 33.7 Å². The van der Waals surface area contributed by atoms with E-state index < -0.39 is 6.10 Å². The molecule has 172 valence electrons. The van der Waals surface area contributed by atoms with Crippen molar-refractivity contribution in [3.05, 3.63) is 69.3 Å². The van der Waals surface area contributed by atoms with E-state index in [0.717, 1.165) is 22.4 Å². The van der Waals surface area contributed by atoms with Crippen LogP contribution < -0.4 is 15.6 Å². The number of anilines is 1. The summed E-state index contributed by atoms with van der Waals surface area (Å²) in [4.78, 5) is 34.5. The number of fused-ring (bicyclic) bond motifs is 1. The highest BCUT2D eigenvalue weighted by Gasteiger charge is 2.35. The fraction of sp³-hybridized carbons (Fsp3) is 0.360. The van der Waals surface area contributed by atoms with Gasteiger partial charge in [0.15, 0.2) is 0 Å². The molecule has 0 amide bonds. The molecule has 0 radical (unpaired) electrons. The molecule has 1 aliphatic carbocycles. The lowest BCUT2D eigenvalue weighted by atomic mass is 10.1. The molecule has 8 nitrogen and oxygen atoms in total. The van der Waals surface area contributed by atoms with Crippen molar-refractivity contribution < 1.29 is 14.3 Å². The van der Waals surface area contributed by atoms with E-state index in [9.17, 15) is 9.59 Å². The number of rotatable bonds is 6. The third kappa shape index (κ3) is 4.20. The van der Waals surface area contributed by atoms with Gasteiger partial charge in [-0.1, -0.05) is 31.2 Å². The maximum Gasteiger partial charge on any atom is 0.302 e. The van der Waals surface area contributed by atoms with Gasteiger partial charge in [0.25, 0.3) is 5.56 Å². The average Bonchev–Trinajstić information content (AvgIpc) is 3.13. The third-order valence-electron chi connectivity index (χ3n) is 6.01. The summed E-state index contributed by atoms with van der Waals surface area (Å²) in [5.41, 5.74) is 4.47. The van der Waals surface area contributed by atoms with Gasteiger partial charge in [0.05, 0.1) is 24.5 Å². The number of nitrogens with one attached hydrogen (secondary N) is 1. The Morgan fingerprint density at radius 2 is 1.97 bits per heavy atom. The molecule has 0 bridgehead atoms. The summed E-state index contributed by atoms with van der Waals surface area (Å²) in [7, 11) is 3.26. The number of hydrogen-bond acceptors (Lipinski definition) is 7. The molecule has 0 spiro atoms. The molecule has 1 aromatic carbocycles. The van der Waals surface area contributed by atoms with E-state index >= 15 is 0 Å². The molecule has 2 atom stereocenters. The average molecular weight is 449 g/mol. The number of hydrogen-bond donors (Lipinski definition) is 1. The van der Waals surface area contributed by atoms with Crippen LogP contribution in [0.15, 0.2) is 41.2 Å². The molecule has 1 aliphatic rings. The van der Waals surface area contributed by atoms with Crippen molar-refractivity contribution in [2.45, 2.75) is 45.8 Å². The minimum Gasteiger partial charge on any atom is -0.481 e. The van der Waals surface area contributed by atoms with Crippen molar-refractivity contribution >= 4 is 11.7 Å². The Morgan fingerprint density at radius 1 is 1.21 bits per heavy atom. The summed E-state index contributed by atoms with van der Waals surface area (Å²) < 4.78 is 12.3. The van der Waals surface area contributed by atoms with Crippen LogP contribution in [0.1, 0.15) is 42.4 Å². The predicted octanol–water partition coefficient (Wildman–Crippen LogP) is 3.36. The van der Waals surface area contributed by atoms with Gasteiger partial charge >= 0.3 is 5.97 Å². The Labute approximate surface area is 192 Å². The van der Waals surface area contributed by atoms with E-state index in [0.29, 0.717) is 35.9 Å². The third-order valence-corrected chi connectivity index (χ3v) is 6.01. The normalized spacial score (nSPS) is 16.9. The van der Waals surface area contributed by atoms with Crippen LogP contribution in [-0.2, 0) is 29.4 Å². The highest BCUT2D eigenvalue weighted by Crippen LogP contribution is 2.36. The van der Waals surface area contributed by atoms with Crippen LogP contribution in [0.4, 0.5) is 5.69 Å². The number of aryl methyl sites for hydroxylation is 2. The summed E-state index contributed by atoms with van der Waals surface area (Å²) in [6.45, 7) is 5.22. The van der Waals surface area contributed by atoms with Crippen molar-refractivity contribution in [1.29, 1.82) is 0 Å².